The summed E-state index contributed by atoms with van der Waals surface area (Å²) in [7, 11) is -4.06. The van der Waals surface area contributed by atoms with Crippen LogP contribution in [-0.4, -0.2) is 54.0 Å². The quantitative estimate of drug-likeness (QED) is 0.588. The molecule has 0 bridgehead atoms. The van der Waals surface area contributed by atoms with Crippen LogP contribution in [0.1, 0.15) is 33.6 Å². The summed E-state index contributed by atoms with van der Waals surface area (Å²) in [5.74, 6) is -0.665. The maximum atomic E-state index is 14.1. The highest BCUT2D eigenvalue weighted by molar-refractivity contribution is 9.12. The van der Waals surface area contributed by atoms with Crippen LogP contribution in [0.2, 0.25) is 0 Å². The summed E-state index contributed by atoms with van der Waals surface area (Å²) in [5.41, 5.74) is 2.74. The normalized spacial score (nSPS) is 24.8. The minimum atomic E-state index is -4.06. The summed E-state index contributed by atoms with van der Waals surface area (Å²) in [6.07, 6.45) is 7.43. The smallest absolute Gasteiger partial charge is 0.268 e. The molecule has 1 spiro atoms. The Morgan fingerprint density at radius 1 is 1.25 bits per heavy atom. The van der Waals surface area contributed by atoms with Gasteiger partial charge in [-0.3, -0.25) is 14.6 Å². The van der Waals surface area contributed by atoms with Crippen LogP contribution >= 0.6 is 15.9 Å². The van der Waals surface area contributed by atoms with Crippen LogP contribution in [0.4, 0.5) is 0 Å². The lowest BCUT2D eigenvalue weighted by molar-refractivity contribution is -0.110. The zero-order valence-corrected chi connectivity index (χ0v) is 21.7. The molecular weight excluding hydrogens is 546 g/mol. The fraction of sp³-hybridized carbons (Fsp3) is 0.269. The molecule has 2 aromatic rings. The maximum absolute atomic E-state index is 14.1. The van der Waals surface area contributed by atoms with Gasteiger partial charge in [0.05, 0.1) is 33.4 Å². The molecule has 10 heteroatoms. The van der Waals surface area contributed by atoms with E-state index in [9.17, 15) is 23.1 Å². The number of hydrogen-bond donors (Lipinski definition) is 2. The van der Waals surface area contributed by atoms with Crippen molar-refractivity contribution in [2.24, 2.45) is 10.4 Å². The second-order valence-corrected chi connectivity index (χ2v) is 12.2. The Morgan fingerprint density at radius 2 is 2.00 bits per heavy atom. The van der Waals surface area contributed by atoms with Crippen molar-refractivity contribution in [1.82, 2.24) is 9.29 Å². The number of aliphatic imine (C=N–C) groups is 1. The Hall–Kier alpha value is -3.08. The number of aromatic nitrogens is 1. The molecule has 184 valence electrons. The monoisotopic (exact) mass is 567 g/mol. The summed E-state index contributed by atoms with van der Waals surface area (Å²) >= 11 is 3.35. The number of fused-ring (bicyclic) bond motifs is 2. The molecule has 0 saturated carbocycles. The lowest BCUT2D eigenvalue weighted by Gasteiger charge is -2.44. The van der Waals surface area contributed by atoms with Gasteiger partial charge in [0.15, 0.2) is 5.78 Å². The van der Waals surface area contributed by atoms with E-state index in [-0.39, 0.29) is 28.7 Å². The molecule has 0 fully saturated rings. The number of hydrogen-bond acceptors (Lipinski definition) is 7. The number of allylic oxidation sites excluding steroid dienone is 6. The first kappa shape index (κ1) is 23.3. The zero-order valence-electron chi connectivity index (χ0n) is 19.3. The van der Waals surface area contributed by atoms with Gasteiger partial charge in [0, 0.05) is 29.3 Å². The molecule has 36 heavy (non-hydrogen) atoms. The van der Waals surface area contributed by atoms with Gasteiger partial charge in [0.2, 0.25) is 5.78 Å². The molecule has 6 rings (SSSR count). The first-order valence-electron chi connectivity index (χ1n) is 11.6. The van der Waals surface area contributed by atoms with Crippen molar-refractivity contribution >= 4 is 43.2 Å². The van der Waals surface area contributed by atoms with E-state index in [1.54, 1.807) is 24.3 Å². The number of aliphatic hydroxyl groups is 1. The maximum Gasteiger partial charge on any atom is 0.268 e. The molecule has 0 unspecified atom stereocenters. The van der Waals surface area contributed by atoms with Crippen molar-refractivity contribution < 1.29 is 23.1 Å². The number of ketones is 2. The Labute approximate surface area is 216 Å². The van der Waals surface area contributed by atoms with E-state index in [4.69, 9.17) is 4.99 Å². The second kappa shape index (κ2) is 7.96. The van der Waals surface area contributed by atoms with Gasteiger partial charge in [-0.05, 0) is 59.5 Å². The molecule has 1 aromatic carbocycles. The van der Waals surface area contributed by atoms with Crippen molar-refractivity contribution in [3.05, 3.63) is 86.8 Å². The Balaban J connectivity index is 1.60. The zero-order chi connectivity index (χ0) is 25.4. The predicted molar refractivity (Wildman–Crippen MR) is 137 cm³/mol. The van der Waals surface area contributed by atoms with Gasteiger partial charge in [-0.25, -0.2) is 12.4 Å². The number of aryl methyl sites for hydroxylation is 1. The van der Waals surface area contributed by atoms with E-state index in [1.165, 1.54) is 24.4 Å². The van der Waals surface area contributed by atoms with Crippen LogP contribution in [-0.2, 0) is 21.2 Å². The molecule has 0 saturated heterocycles. The van der Waals surface area contributed by atoms with Crippen LogP contribution < -0.4 is 5.32 Å². The minimum absolute atomic E-state index is 0.0444. The molecule has 2 aliphatic heterocycles. The van der Waals surface area contributed by atoms with Gasteiger partial charge >= 0.3 is 0 Å². The lowest BCUT2D eigenvalue weighted by Crippen LogP contribution is -2.50. The third kappa shape index (κ3) is 3.21. The number of halogens is 1. The standard InChI is InChI=1S/C26H22BrN3O5S/c1-14-2-4-17(5-3-14)36(34,35)30-12-15-7-9-28-22-20(15)24(30)25(33)23-21(22)26(10-16(13-31)29-23)8-6-19(32)18(27)11-26/h2-6,8,11-12,16,29,31H,7,9-10,13H2,1H3/t16-,26+/m0/s1. The van der Waals surface area contributed by atoms with Gasteiger partial charge in [-0.15, -0.1) is 0 Å². The van der Waals surface area contributed by atoms with Crippen molar-refractivity contribution in [1.29, 1.82) is 0 Å². The molecule has 2 atom stereocenters. The Bertz CT molecular complexity index is 1590. The summed E-state index contributed by atoms with van der Waals surface area (Å²) in [6, 6.07) is 6.02. The molecule has 8 nitrogen and oxygen atoms in total. The van der Waals surface area contributed by atoms with E-state index in [0.29, 0.717) is 40.7 Å². The van der Waals surface area contributed by atoms with Gasteiger partial charge < -0.3 is 10.4 Å². The first-order chi connectivity index (χ1) is 17.2. The number of rotatable bonds is 3. The molecular formula is C26H22BrN3O5S. The number of nitrogens with one attached hydrogen (secondary N) is 1. The van der Waals surface area contributed by atoms with Crippen LogP contribution in [0, 0.1) is 12.3 Å². The Morgan fingerprint density at radius 3 is 2.69 bits per heavy atom. The molecule has 2 aliphatic carbocycles. The van der Waals surface area contributed by atoms with E-state index in [0.717, 1.165) is 15.1 Å². The average molecular weight is 568 g/mol. The number of Topliss-reactive ketones (excluding diaryl/α,β-unsaturated/α-hetero) is 1. The van der Waals surface area contributed by atoms with Crippen LogP contribution in [0.3, 0.4) is 0 Å². The molecule has 0 amide bonds. The molecule has 2 N–H and O–H groups in total. The van der Waals surface area contributed by atoms with Crippen LogP contribution in [0.15, 0.2) is 74.3 Å². The fourth-order valence-corrected chi connectivity index (χ4v) is 7.46. The minimum Gasteiger partial charge on any atom is -0.394 e. The SMILES string of the molecule is Cc1ccc(S(=O)(=O)n2cc3c4c2C(=O)C2=C(C4=NCC3)[C@]3(C=CC(=O)C(Br)=C3)C[C@@H](CO)N2)cc1. The van der Waals surface area contributed by atoms with Crippen molar-refractivity contribution in [2.75, 3.05) is 13.2 Å². The molecule has 0 radical (unpaired) electrons. The van der Waals surface area contributed by atoms with E-state index < -0.39 is 27.3 Å². The number of nitrogens with zero attached hydrogens (tertiary/aromatic N) is 2. The number of aliphatic hydroxyl groups excluding tert-OH is 1. The van der Waals surface area contributed by atoms with Crippen LogP contribution in [0.5, 0.6) is 0 Å². The third-order valence-electron chi connectivity index (χ3n) is 7.22. The fourth-order valence-electron chi connectivity index (χ4n) is 5.53. The van der Waals surface area contributed by atoms with Gasteiger partial charge in [-0.1, -0.05) is 29.8 Å². The van der Waals surface area contributed by atoms with Gasteiger partial charge in [0.25, 0.3) is 10.0 Å². The van der Waals surface area contributed by atoms with Gasteiger partial charge in [0.1, 0.15) is 5.69 Å². The highest BCUT2D eigenvalue weighted by Gasteiger charge is 2.50. The van der Waals surface area contributed by atoms with Crippen molar-refractivity contribution in [3.8, 4) is 0 Å². The number of carbonyl (C=O) groups excluding carboxylic acids is 2. The highest BCUT2D eigenvalue weighted by Crippen LogP contribution is 2.49. The highest BCUT2D eigenvalue weighted by atomic mass is 79.9. The molecule has 4 aliphatic rings. The van der Waals surface area contributed by atoms with Crippen molar-refractivity contribution in [3.63, 3.8) is 0 Å². The molecule has 3 heterocycles. The van der Waals surface area contributed by atoms with E-state index in [2.05, 4.69) is 21.2 Å². The summed E-state index contributed by atoms with van der Waals surface area (Å²) in [4.78, 5) is 31.2. The van der Waals surface area contributed by atoms with Crippen molar-refractivity contribution in [2.45, 2.75) is 30.7 Å². The lowest BCUT2D eigenvalue weighted by atomic mass is 9.65. The third-order valence-corrected chi connectivity index (χ3v) is 9.51. The summed E-state index contributed by atoms with van der Waals surface area (Å²) < 4.78 is 28.9. The largest absolute Gasteiger partial charge is 0.394 e. The topological polar surface area (TPSA) is 118 Å². The number of carbonyl (C=O) groups is 2. The van der Waals surface area contributed by atoms with Gasteiger partial charge in [-0.2, -0.15) is 0 Å². The average Bonchev–Trinajstić information content (AvgIpc) is 3.27. The summed E-state index contributed by atoms with van der Waals surface area (Å²) in [5, 5.41) is 13.2. The van der Waals surface area contributed by atoms with E-state index >= 15 is 0 Å². The summed E-state index contributed by atoms with van der Waals surface area (Å²) in [6.45, 7) is 2.07. The van der Waals surface area contributed by atoms with E-state index in [1.807, 2.05) is 6.92 Å². The second-order valence-electron chi connectivity index (χ2n) is 9.51. The predicted octanol–water partition coefficient (Wildman–Crippen LogP) is 2.59. The Kier molecular flexibility index (Phi) is 5.16. The first-order valence-corrected chi connectivity index (χ1v) is 13.8. The number of benzene rings is 1. The molecule has 1 aromatic heterocycles. The van der Waals surface area contributed by atoms with Crippen LogP contribution in [0.25, 0.3) is 0 Å².